The first-order chi connectivity index (χ1) is 23.4. The highest BCUT2D eigenvalue weighted by atomic mass is 14.6. The Hall–Kier alpha value is -5.46. The first kappa shape index (κ1) is 29.9. The van der Waals surface area contributed by atoms with Gasteiger partial charge in [-0.25, -0.2) is 0 Å². The quantitative estimate of drug-likeness (QED) is 0.181. The van der Waals surface area contributed by atoms with Crippen molar-refractivity contribution in [3.05, 3.63) is 226 Å². The fourth-order valence-electron chi connectivity index (χ4n) is 8.78. The standard InChI is InChI=1S/C48H40/c1-33(2)44-46-43(45(47(44,3)4)42(35-22-12-6-13-23-35)36-24-14-7-15-25-36)40-31-30-37(34-20-10-5-11-21-34)32-41(40)48(46,38-26-16-8-17-27-38)39-28-18-9-19-29-39/h5-32H,1-4H3. The van der Waals surface area contributed by atoms with Gasteiger partial charge in [0.25, 0.3) is 0 Å². The second-order valence-corrected chi connectivity index (χ2v) is 13.8. The van der Waals surface area contributed by atoms with Gasteiger partial charge in [0.15, 0.2) is 0 Å². The van der Waals surface area contributed by atoms with Gasteiger partial charge in [-0.2, -0.15) is 0 Å². The molecule has 0 amide bonds. The zero-order chi connectivity index (χ0) is 32.9. The maximum atomic E-state index is 2.49. The molecule has 0 aromatic heterocycles. The van der Waals surface area contributed by atoms with E-state index in [0.29, 0.717) is 0 Å². The first-order valence-corrected chi connectivity index (χ1v) is 17.0. The smallest absolute Gasteiger partial charge is 0.0716 e. The number of rotatable bonds is 5. The van der Waals surface area contributed by atoms with Crippen LogP contribution in [-0.2, 0) is 5.41 Å². The zero-order valence-corrected chi connectivity index (χ0v) is 28.2. The molecular weight excluding hydrogens is 577 g/mol. The Bertz CT molecular complexity index is 2130. The van der Waals surface area contributed by atoms with Crippen LogP contribution in [0.2, 0.25) is 0 Å². The molecule has 48 heavy (non-hydrogen) atoms. The number of hydrogen-bond acceptors (Lipinski definition) is 0. The predicted octanol–water partition coefficient (Wildman–Crippen LogP) is 12.3. The van der Waals surface area contributed by atoms with E-state index in [0.717, 1.165) is 0 Å². The van der Waals surface area contributed by atoms with Crippen molar-refractivity contribution in [2.45, 2.75) is 33.1 Å². The van der Waals surface area contributed by atoms with Crippen molar-refractivity contribution in [1.82, 2.24) is 0 Å². The van der Waals surface area contributed by atoms with E-state index in [2.05, 4.69) is 198 Å². The monoisotopic (exact) mass is 616 g/mol. The SMILES string of the molecule is CC(C)=C1C2=C(C(=C(c3ccccc3)c3ccccc3)C1(C)C)c1ccc(-c3ccccc3)cc1C2(c1ccccc1)c1ccccc1. The molecule has 0 saturated carbocycles. The van der Waals surface area contributed by atoms with Crippen LogP contribution in [0.25, 0.3) is 22.3 Å². The summed E-state index contributed by atoms with van der Waals surface area (Å²) in [6.07, 6.45) is 0. The number of hydrogen-bond donors (Lipinski definition) is 0. The van der Waals surface area contributed by atoms with Gasteiger partial charge in [0.1, 0.15) is 0 Å². The molecule has 0 heteroatoms. The van der Waals surface area contributed by atoms with E-state index in [1.807, 2.05) is 0 Å². The lowest BCUT2D eigenvalue weighted by Crippen LogP contribution is -2.33. The molecule has 6 aromatic rings. The third-order valence-corrected chi connectivity index (χ3v) is 10.5. The molecule has 2 aliphatic rings. The van der Waals surface area contributed by atoms with Crippen LogP contribution in [0.15, 0.2) is 192 Å². The van der Waals surface area contributed by atoms with Crippen LogP contribution in [0.5, 0.6) is 0 Å². The Labute approximate surface area is 285 Å². The van der Waals surface area contributed by atoms with E-state index in [1.54, 1.807) is 0 Å². The topological polar surface area (TPSA) is 0 Å². The van der Waals surface area contributed by atoms with Crippen molar-refractivity contribution in [1.29, 1.82) is 0 Å². The van der Waals surface area contributed by atoms with Crippen molar-refractivity contribution in [3.8, 4) is 11.1 Å². The van der Waals surface area contributed by atoms with Crippen LogP contribution in [-0.4, -0.2) is 0 Å². The Kier molecular flexibility index (Phi) is 7.26. The fraction of sp³-hybridized carbons (Fsp3) is 0.125. The molecule has 0 N–H and O–H groups in total. The molecule has 0 unspecified atom stereocenters. The van der Waals surface area contributed by atoms with E-state index in [-0.39, 0.29) is 5.41 Å². The van der Waals surface area contributed by atoms with E-state index in [1.165, 1.54) is 77.9 Å². The lowest BCUT2D eigenvalue weighted by atomic mass is 9.62. The minimum atomic E-state index is -0.512. The average Bonchev–Trinajstić information content (AvgIpc) is 3.55. The average molecular weight is 617 g/mol. The molecule has 6 aromatic carbocycles. The molecular formula is C48H40. The minimum absolute atomic E-state index is 0.269. The Morgan fingerprint density at radius 2 is 0.917 bits per heavy atom. The Balaban J connectivity index is 1.61. The fourth-order valence-corrected chi connectivity index (χ4v) is 8.78. The second kappa shape index (κ2) is 11.7. The highest BCUT2D eigenvalue weighted by molar-refractivity contribution is 6.07. The summed E-state index contributed by atoms with van der Waals surface area (Å²) in [7, 11) is 0. The van der Waals surface area contributed by atoms with Crippen molar-refractivity contribution in [2.75, 3.05) is 0 Å². The van der Waals surface area contributed by atoms with Gasteiger partial charge in [0.05, 0.1) is 5.41 Å². The van der Waals surface area contributed by atoms with Crippen molar-refractivity contribution in [3.63, 3.8) is 0 Å². The molecule has 0 spiro atoms. The number of benzene rings is 6. The summed E-state index contributed by atoms with van der Waals surface area (Å²) in [6, 6.07) is 62.6. The first-order valence-electron chi connectivity index (χ1n) is 17.0. The van der Waals surface area contributed by atoms with Crippen LogP contribution >= 0.6 is 0 Å². The summed E-state index contributed by atoms with van der Waals surface area (Å²) in [5, 5.41) is 0. The Morgan fingerprint density at radius 3 is 1.40 bits per heavy atom. The van der Waals surface area contributed by atoms with Crippen molar-refractivity contribution >= 4 is 11.1 Å². The highest BCUT2D eigenvalue weighted by Crippen LogP contribution is 2.69. The van der Waals surface area contributed by atoms with Crippen LogP contribution in [0, 0.1) is 5.41 Å². The van der Waals surface area contributed by atoms with Crippen LogP contribution < -0.4 is 0 Å². The van der Waals surface area contributed by atoms with Gasteiger partial charge in [0.2, 0.25) is 0 Å². The normalized spacial score (nSPS) is 15.7. The maximum absolute atomic E-state index is 2.49. The molecule has 232 valence electrons. The summed E-state index contributed by atoms with van der Waals surface area (Å²) in [6.45, 7) is 9.53. The molecule has 0 saturated heterocycles. The van der Waals surface area contributed by atoms with E-state index >= 15 is 0 Å². The number of allylic oxidation sites excluding steroid dienone is 5. The van der Waals surface area contributed by atoms with E-state index < -0.39 is 5.41 Å². The molecule has 0 atom stereocenters. The molecule has 0 heterocycles. The van der Waals surface area contributed by atoms with Gasteiger partial charge in [-0.15, -0.1) is 0 Å². The molecule has 0 bridgehead atoms. The molecule has 0 nitrogen and oxygen atoms in total. The molecule has 0 radical (unpaired) electrons. The van der Waals surface area contributed by atoms with Crippen LogP contribution in [0.1, 0.15) is 61.1 Å². The maximum Gasteiger partial charge on any atom is 0.0716 e. The lowest BCUT2D eigenvalue weighted by Gasteiger charge is -2.40. The van der Waals surface area contributed by atoms with E-state index in [9.17, 15) is 0 Å². The lowest BCUT2D eigenvalue weighted by molar-refractivity contribution is 0.557. The van der Waals surface area contributed by atoms with Crippen molar-refractivity contribution < 1.29 is 0 Å². The summed E-state index contributed by atoms with van der Waals surface area (Å²) in [5.74, 6) is 0. The van der Waals surface area contributed by atoms with Crippen LogP contribution in [0.3, 0.4) is 0 Å². The summed E-state index contributed by atoms with van der Waals surface area (Å²) < 4.78 is 0. The van der Waals surface area contributed by atoms with Gasteiger partial charge in [-0.1, -0.05) is 183 Å². The summed E-state index contributed by atoms with van der Waals surface area (Å²) >= 11 is 0. The van der Waals surface area contributed by atoms with Gasteiger partial charge in [-0.3, -0.25) is 0 Å². The van der Waals surface area contributed by atoms with Gasteiger partial charge in [0, 0.05) is 5.41 Å². The largest absolute Gasteiger partial charge is 0.0720 e. The zero-order valence-electron chi connectivity index (χ0n) is 28.2. The Morgan fingerprint density at radius 1 is 0.458 bits per heavy atom. The molecule has 2 aliphatic carbocycles. The number of fused-ring (bicyclic) bond motifs is 2. The summed E-state index contributed by atoms with van der Waals surface area (Å²) in [4.78, 5) is 0. The summed E-state index contributed by atoms with van der Waals surface area (Å²) in [5.41, 5.74) is 17.7. The van der Waals surface area contributed by atoms with Gasteiger partial charge in [-0.05, 0) is 92.3 Å². The van der Waals surface area contributed by atoms with Gasteiger partial charge < -0.3 is 0 Å². The minimum Gasteiger partial charge on any atom is -0.0720 e. The molecule has 0 fully saturated rings. The van der Waals surface area contributed by atoms with Gasteiger partial charge >= 0.3 is 0 Å². The third-order valence-electron chi connectivity index (χ3n) is 10.5. The van der Waals surface area contributed by atoms with Crippen LogP contribution in [0.4, 0.5) is 0 Å². The van der Waals surface area contributed by atoms with E-state index in [4.69, 9.17) is 0 Å². The predicted molar refractivity (Wildman–Crippen MR) is 203 cm³/mol. The molecule has 0 aliphatic heterocycles. The van der Waals surface area contributed by atoms with Crippen molar-refractivity contribution in [2.24, 2.45) is 5.41 Å². The molecule has 8 rings (SSSR count). The highest BCUT2D eigenvalue weighted by Gasteiger charge is 2.57. The second-order valence-electron chi connectivity index (χ2n) is 13.8. The third kappa shape index (κ3) is 4.44.